The van der Waals surface area contributed by atoms with Gasteiger partial charge in [-0.3, -0.25) is 4.98 Å². The Morgan fingerprint density at radius 1 is 1.30 bits per heavy atom. The zero-order chi connectivity index (χ0) is 14.5. The number of aromatic nitrogens is 1. The first-order valence-corrected chi connectivity index (χ1v) is 7.79. The van der Waals surface area contributed by atoms with Gasteiger partial charge in [-0.2, -0.15) is 0 Å². The highest BCUT2D eigenvalue weighted by Gasteiger charge is 2.16. The van der Waals surface area contributed by atoms with E-state index in [9.17, 15) is 0 Å². The fourth-order valence-corrected chi connectivity index (χ4v) is 3.29. The van der Waals surface area contributed by atoms with E-state index in [4.69, 9.17) is 4.74 Å². The van der Waals surface area contributed by atoms with Crippen molar-refractivity contribution in [3.8, 4) is 5.75 Å². The lowest BCUT2D eigenvalue weighted by Crippen LogP contribution is -2.16. The maximum Gasteiger partial charge on any atom is 0.137 e. The van der Waals surface area contributed by atoms with E-state index in [2.05, 4.69) is 43.2 Å². The van der Waals surface area contributed by atoms with Crippen molar-refractivity contribution in [2.45, 2.75) is 33.2 Å². The van der Waals surface area contributed by atoms with E-state index >= 15 is 0 Å². The molecule has 0 radical (unpaired) electrons. The van der Waals surface area contributed by atoms with E-state index in [1.54, 1.807) is 6.20 Å². The molecule has 0 aliphatic carbocycles. The van der Waals surface area contributed by atoms with Crippen LogP contribution in [0.25, 0.3) is 0 Å². The maximum absolute atomic E-state index is 5.67. The number of pyridine rings is 1. The molecule has 2 aromatic rings. The van der Waals surface area contributed by atoms with Gasteiger partial charge in [-0.25, -0.2) is 0 Å². The third-order valence-corrected chi connectivity index (χ3v) is 4.52. The number of hydrogen-bond donors (Lipinski definition) is 1. The lowest BCUT2D eigenvalue weighted by Gasteiger charge is -2.15. The van der Waals surface area contributed by atoms with Crippen molar-refractivity contribution in [2.24, 2.45) is 0 Å². The smallest absolute Gasteiger partial charge is 0.137 e. The van der Waals surface area contributed by atoms with E-state index in [0.29, 0.717) is 0 Å². The average molecular weight is 290 g/mol. The lowest BCUT2D eigenvalue weighted by atomic mass is 10.1. The summed E-state index contributed by atoms with van der Waals surface area (Å²) >= 11 is 1.83. The largest absolute Gasteiger partial charge is 0.492 e. The summed E-state index contributed by atoms with van der Waals surface area (Å²) in [6.45, 7) is 7.15. The number of rotatable bonds is 6. The van der Waals surface area contributed by atoms with Crippen molar-refractivity contribution >= 4 is 11.3 Å². The van der Waals surface area contributed by atoms with Gasteiger partial charge in [-0.05, 0) is 50.6 Å². The van der Waals surface area contributed by atoms with Crippen LogP contribution in [0, 0.1) is 13.8 Å². The minimum Gasteiger partial charge on any atom is -0.492 e. The maximum atomic E-state index is 5.67. The Hall–Kier alpha value is -1.39. The van der Waals surface area contributed by atoms with Gasteiger partial charge in [0.1, 0.15) is 5.75 Å². The summed E-state index contributed by atoms with van der Waals surface area (Å²) in [4.78, 5) is 6.98. The van der Waals surface area contributed by atoms with Crippen LogP contribution in [0.1, 0.15) is 40.3 Å². The van der Waals surface area contributed by atoms with Gasteiger partial charge in [0.25, 0.3) is 0 Å². The zero-order valence-corrected chi connectivity index (χ0v) is 13.4. The first kappa shape index (κ1) is 15.0. The first-order valence-electron chi connectivity index (χ1n) is 6.97. The van der Waals surface area contributed by atoms with Gasteiger partial charge in [0.15, 0.2) is 0 Å². The molecule has 2 heterocycles. The molecule has 0 saturated heterocycles. The molecule has 0 saturated carbocycles. The van der Waals surface area contributed by atoms with Crippen molar-refractivity contribution in [3.63, 3.8) is 0 Å². The van der Waals surface area contributed by atoms with E-state index in [1.165, 1.54) is 15.3 Å². The van der Waals surface area contributed by atoms with Gasteiger partial charge in [0.2, 0.25) is 0 Å². The molecule has 0 spiro atoms. The van der Waals surface area contributed by atoms with Crippen LogP contribution in [-0.2, 0) is 0 Å². The molecule has 3 nitrogen and oxygen atoms in total. The fraction of sp³-hybridized carbons (Fsp3) is 0.438. The lowest BCUT2D eigenvalue weighted by molar-refractivity contribution is 0.315. The highest BCUT2D eigenvalue weighted by molar-refractivity contribution is 7.12. The summed E-state index contributed by atoms with van der Waals surface area (Å²) in [5, 5.41) is 3.37. The summed E-state index contributed by atoms with van der Waals surface area (Å²) in [7, 11) is 1.98. The molecule has 0 aliphatic heterocycles. The summed E-state index contributed by atoms with van der Waals surface area (Å²) in [5.41, 5.74) is 2.49. The Kier molecular flexibility index (Phi) is 5.15. The molecule has 1 N–H and O–H groups in total. The van der Waals surface area contributed by atoms with Crippen LogP contribution in [0.2, 0.25) is 0 Å². The molecule has 2 rings (SSSR count). The molecule has 1 atom stereocenters. The standard InChI is InChI=1S/C16H22N2OS/c1-5-6-19-14-8-13(9-18-10-14)16(17-4)15-7-11(2)12(3)20-15/h7-10,16-17H,5-6H2,1-4H3. The molecule has 0 bridgehead atoms. The summed E-state index contributed by atoms with van der Waals surface area (Å²) in [5.74, 6) is 0.842. The number of nitrogens with zero attached hydrogens (tertiary/aromatic N) is 1. The van der Waals surface area contributed by atoms with Crippen LogP contribution in [-0.4, -0.2) is 18.6 Å². The van der Waals surface area contributed by atoms with Crippen molar-refractivity contribution < 1.29 is 4.74 Å². The van der Waals surface area contributed by atoms with Gasteiger partial charge in [0.05, 0.1) is 18.8 Å². The Morgan fingerprint density at radius 3 is 2.70 bits per heavy atom. The van der Waals surface area contributed by atoms with Gasteiger partial charge in [-0.1, -0.05) is 6.92 Å². The van der Waals surface area contributed by atoms with E-state index in [-0.39, 0.29) is 6.04 Å². The van der Waals surface area contributed by atoms with Crippen LogP contribution < -0.4 is 10.1 Å². The van der Waals surface area contributed by atoms with Crippen LogP contribution >= 0.6 is 11.3 Å². The highest BCUT2D eigenvalue weighted by Crippen LogP contribution is 2.31. The quantitative estimate of drug-likeness (QED) is 0.877. The third-order valence-electron chi connectivity index (χ3n) is 3.30. The minimum atomic E-state index is 0.171. The van der Waals surface area contributed by atoms with E-state index < -0.39 is 0 Å². The highest BCUT2D eigenvalue weighted by atomic mass is 32.1. The van der Waals surface area contributed by atoms with Gasteiger partial charge in [0, 0.05) is 16.0 Å². The number of hydrogen-bond acceptors (Lipinski definition) is 4. The zero-order valence-electron chi connectivity index (χ0n) is 12.6. The Labute approximate surface area is 125 Å². The van der Waals surface area contributed by atoms with Gasteiger partial charge < -0.3 is 10.1 Å². The Bertz CT molecular complexity index is 546. The summed E-state index contributed by atoms with van der Waals surface area (Å²) < 4.78 is 5.67. The third kappa shape index (κ3) is 3.38. The number of thiophene rings is 1. The van der Waals surface area contributed by atoms with Crippen LogP contribution in [0.4, 0.5) is 0 Å². The van der Waals surface area contributed by atoms with Crippen molar-refractivity contribution in [2.75, 3.05) is 13.7 Å². The van der Waals surface area contributed by atoms with Crippen molar-refractivity contribution in [1.82, 2.24) is 10.3 Å². The fourth-order valence-electron chi connectivity index (χ4n) is 2.11. The molecule has 0 aliphatic rings. The molecule has 0 fully saturated rings. The second-order valence-corrected chi connectivity index (χ2v) is 6.20. The van der Waals surface area contributed by atoms with E-state index in [0.717, 1.165) is 24.3 Å². The SMILES string of the molecule is CCCOc1cncc(C(NC)c2cc(C)c(C)s2)c1. The van der Waals surface area contributed by atoms with E-state index in [1.807, 2.05) is 24.6 Å². The van der Waals surface area contributed by atoms with Crippen LogP contribution in [0.3, 0.4) is 0 Å². The normalized spacial score (nSPS) is 12.4. The second kappa shape index (κ2) is 6.86. The summed E-state index contributed by atoms with van der Waals surface area (Å²) in [6, 6.07) is 4.50. The van der Waals surface area contributed by atoms with Crippen molar-refractivity contribution in [1.29, 1.82) is 0 Å². The molecule has 4 heteroatoms. The number of ether oxygens (including phenoxy) is 1. The number of aryl methyl sites for hydroxylation is 2. The first-order chi connectivity index (χ1) is 9.65. The second-order valence-electron chi connectivity index (χ2n) is 4.91. The molecule has 1 unspecified atom stereocenters. The predicted octanol–water partition coefficient (Wildman–Crippen LogP) is 3.86. The van der Waals surface area contributed by atoms with Gasteiger partial charge in [-0.15, -0.1) is 11.3 Å². The molecule has 20 heavy (non-hydrogen) atoms. The molecule has 108 valence electrons. The predicted molar refractivity (Wildman–Crippen MR) is 84.7 cm³/mol. The Morgan fingerprint density at radius 2 is 2.10 bits per heavy atom. The molecule has 0 aromatic carbocycles. The van der Waals surface area contributed by atoms with Crippen LogP contribution in [0.5, 0.6) is 5.75 Å². The molecule has 2 aromatic heterocycles. The van der Waals surface area contributed by atoms with Crippen LogP contribution in [0.15, 0.2) is 24.5 Å². The average Bonchev–Trinajstić information content (AvgIpc) is 2.77. The minimum absolute atomic E-state index is 0.171. The Balaban J connectivity index is 2.27. The molecular formula is C16H22N2OS. The van der Waals surface area contributed by atoms with Crippen molar-refractivity contribution in [3.05, 3.63) is 45.4 Å². The topological polar surface area (TPSA) is 34.1 Å². The summed E-state index contributed by atoms with van der Waals surface area (Å²) in [6.07, 6.45) is 4.68. The molecule has 0 amide bonds. The monoisotopic (exact) mass is 290 g/mol. The number of nitrogens with one attached hydrogen (secondary N) is 1. The van der Waals surface area contributed by atoms with Gasteiger partial charge >= 0.3 is 0 Å². The molecular weight excluding hydrogens is 268 g/mol.